The maximum absolute atomic E-state index is 12.8. The van der Waals surface area contributed by atoms with Crippen LogP contribution >= 0.6 is 0 Å². The molecule has 0 unspecified atom stereocenters. The van der Waals surface area contributed by atoms with Crippen LogP contribution in [-0.2, 0) is 13.0 Å². The topological polar surface area (TPSA) is 90.3 Å². The average Bonchev–Trinajstić information content (AvgIpc) is 3.38. The third-order valence-corrected chi connectivity index (χ3v) is 4.53. The van der Waals surface area contributed by atoms with E-state index in [1.807, 2.05) is 18.2 Å². The number of nitrogens with one attached hydrogen (secondary N) is 1. The van der Waals surface area contributed by atoms with Crippen molar-refractivity contribution < 1.29 is 13.6 Å². The molecule has 7 heteroatoms. The molecule has 4 aromatic heterocycles. The van der Waals surface area contributed by atoms with Crippen LogP contribution in [0.5, 0.6) is 0 Å². The van der Waals surface area contributed by atoms with E-state index in [1.165, 1.54) is 4.57 Å². The van der Waals surface area contributed by atoms with Crippen molar-refractivity contribution in [2.24, 2.45) is 0 Å². The molecule has 28 heavy (non-hydrogen) atoms. The fraction of sp³-hybridized carbons (Fsp3) is 0.190. The van der Waals surface area contributed by atoms with Crippen molar-refractivity contribution >= 4 is 16.8 Å². The number of pyridine rings is 2. The van der Waals surface area contributed by atoms with E-state index in [1.54, 1.807) is 43.8 Å². The molecule has 0 aliphatic carbocycles. The lowest BCUT2D eigenvalue weighted by Crippen LogP contribution is -2.27. The highest BCUT2D eigenvalue weighted by Crippen LogP contribution is 2.14. The first kappa shape index (κ1) is 17.8. The molecule has 1 N–H and O–H groups in total. The maximum atomic E-state index is 12.8. The fourth-order valence-electron chi connectivity index (χ4n) is 3.08. The molecule has 4 aromatic rings. The van der Waals surface area contributed by atoms with Gasteiger partial charge in [0.15, 0.2) is 0 Å². The molecule has 0 spiro atoms. The SMILES string of the molecule is Cc1nc2ccn(Cc3ccco3)c(=O)c2cc1C(=O)NCCc1ccco1. The third kappa shape index (κ3) is 3.59. The minimum absolute atomic E-state index is 0.217. The Morgan fingerprint density at radius 3 is 2.61 bits per heavy atom. The Balaban J connectivity index is 1.59. The smallest absolute Gasteiger partial charge is 0.260 e. The van der Waals surface area contributed by atoms with Gasteiger partial charge in [0.05, 0.1) is 41.2 Å². The summed E-state index contributed by atoms with van der Waals surface area (Å²) >= 11 is 0. The predicted octanol–water partition coefficient (Wildman–Crippen LogP) is 2.91. The minimum Gasteiger partial charge on any atom is -0.469 e. The van der Waals surface area contributed by atoms with Crippen molar-refractivity contribution in [2.75, 3.05) is 6.54 Å². The zero-order chi connectivity index (χ0) is 19.5. The van der Waals surface area contributed by atoms with Crippen LogP contribution in [0.2, 0.25) is 0 Å². The van der Waals surface area contributed by atoms with Gasteiger partial charge in [-0.05, 0) is 43.3 Å². The van der Waals surface area contributed by atoms with Crippen LogP contribution in [0.4, 0.5) is 0 Å². The Morgan fingerprint density at radius 2 is 1.89 bits per heavy atom. The number of hydrogen-bond acceptors (Lipinski definition) is 5. The summed E-state index contributed by atoms with van der Waals surface area (Å²) in [5.41, 5.74) is 1.31. The molecule has 0 bridgehead atoms. The zero-order valence-corrected chi connectivity index (χ0v) is 15.3. The first-order chi connectivity index (χ1) is 13.6. The van der Waals surface area contributed by atoms with E-state index in [4.69, 9.17) is 8.83 Å². The average molecular weight is 377 g/mol. The van der Waals surface area contributed by atoms with E-state index in [0.29, 0.717) is 47.4 Å². The molecule has 4 rings (SSSR count). The molecule has 0 saturated heterocycles. The number of aromatic nitrogens is 2. The van der Waals surface area contributed by atoms with Crippen LogP contribution in [0.25, 0.3) is 10.9 Å². The van der Waals surface area contributed by atoms with Gasteiger partial charge in [0, 0.05) is 19.2 Å². The van der Waals surface area contributed by atoms with Gasteiger partial charge in [0.2, 0.25) is 0 Å². The Labute approximate surface area is 160 Å². The molecule has 0 aliphatic heterocycles. The van der Waals surface area contributed by atoms with Crippen LogP contribution in [0.3, 0.4) is 0 Å². The van der Waals surface area contributed by atoms with Crippen molar-refractivity contribution in [3.05, 3.63) is 88.3 Å². The normalized spacial score (nSPS) is 11.0. The van der Waals surface area contributed by atoms with Crippen molar-refractivity contribution in [3.8, 4) is 0 Å². The fourth-order valence-corrected chi connectivity index (χ4v) is 3.08. The van der Waals surface area contributed by atoms with Crippen LogP contribution in [-0.4, -0.2) is 22.0 Å². The van der Waals surface area contributed by atoms with E-state index in [2.05, 4.69) is 10.3 Å². The molecule has 7 nitrogen and oxygen atoms in total. The van der Waals surface area contributed by atoms with E-state index in [-0.39, 0.29) is 11.5 Å². The van der Waals surface area contributed by atoms with Gasteiger partial charge in [-0.2, -0.15) is 0 Å². The van der Waals surface area contributed by atoms with Gasteiger partial charge in [0.25, 0.3) is 11.5 Å². The van der Waals surface area contributed by atoms with E-state index < -0.39 is 0 Å². The zero-order valence-electron chi connectivity index (χ0n) is 15.3. The summed E-state index contributed by atoms with van der Waals surface area (Å²) in [6.45, 7) is 2.51. The molecule has 1 amide bonds. The number of amides is 1. The number of aryl methyl sites for hydroxylation is 1. The monoisotopic (exact) mass is 377 g/mol. The van der Waals surface area contributed by atoms with Crippen molar-refractivity contribution in [1.82, 2.24) is 14.9 Å². The lowest BCUT2D eigenvalue weighted by atomic mass is 10.1. The third-order valence-electron chi connectivity index (χ3n) is 4.53. The number of carbonyl (C=O) groups excluding carboxylic acids is 1. The lowest BCUT2D eigenvalue weighted by Gasteiger charge is -2.10. The quantitative estimate of drug-likeness (QED) is 0.558. The highest BCUT2D eigenvalue weighted by atomic mass is 16.3. The number of nitrogens with zero attached hydrogens (tertiary/aromatic N) is 2. The number of furan rings is 2. The summed E-state index contributed by atoms with van der Waals surface area (Å²) in [5, 5.41) is 3.25. The molecular formula is C21H19N3O4. The standard InChI is InChI=1S/C21H19N3O4/c1-14-17(20(25)22-8-6-15-4-2-10-27-15)12-18-19(23-14)7-9-24(21(18)26)13-16-5-3-11-28-16/h2-5,7,9-12H,6,8,13H2,1H3,(H,22,25). The summed E-state index contributed by atoms with van der Waals surface area (Å²) in [6, 6.07) is 10.6. The number of rotatable bonds is 6. The molecule has 0 atom stereocenters. The van der Waals surface area contributed by atoms with Crippen molar-refractivity contribution in [3.63, 3.8) is 0 Å². The second kappa shape index (κ2) is 7.56. The highest BCUT2D eigenvalue weighted by Gasteiger charge is 2.14. The van der Waals surface area contributed by atoms with Gasteiger partial charge in [-0.3, -0.25) is 14.6 Å². The van der Waals surface area contributed by atoms with Crippen LogP contribution in [0, 0.1) is 6.92 Å². The summed E-state index contributed by atoms with van der Waals surface area (Å²) in [7, 11) is 0. The van der Waals surface area contributed by atoms with Crippen LogP contribution in [0.1, 0.15) is 27.6 Å². The predicted molar refractivity (Wildman–Crippen MR) is 103 cm³/mol. The maximum Gasteiger partial charge on any atom is 0.260 e. The number of fused-ring (bicyclic) bond motifs is 1. The Bertz CT molecular complexity index is 1160. The van der Waals surface area contributed by atoms with Gasteiger partial charge in [-0.1, -0.05) is 0 Å². The summed E-state index contributed by atoms with van der Waals surface area (Å²) in [4.78, 5) is 29.9. The first-order valence-electron chi connectivity index (χ1n) is 8.95. The molecule has 0 saturated carbocycles. The highest BCUT2D eigenvalue weighted by molar-refractivity contribution is 5.98. The molecular weight excluding hydrogens is 358 g/mol. The number of carbonyl (C=O) groups is 1. The molecule has 0 aromatic carbocycles. The second-order valence-corrected chi connectivity index (χ2v) is 6.47. The Kier molecular flexibility index (Phi) is 4.80. The first-order valence-corrected chi connectivity index (χ1v) is 8.95. The van der Waals surface area contributed by atoms with E-state index in [0.717, 1.165) is 5.76 Å². The Morgan fingerprint density at radius 1 is 1.14 bits per heavy atom. The van der Waals surface area contributed by atoms with Gasteiger partial charge in [0.1, 0.15) is 11.5 Å². The summed E-state index contributed by atoms with van der Waals surface area (Å²) < 4.78 is 12.1. The number of hydrogen-bond donors (Lipinski definition) is 1. The molecule has 0 radical (unpaired) electrons. The van der Waals surface area contributed by atoms with Gasteiger partial charge in [-0.15, -0.1) is 0 Å². The minimum atomic E-state index is -0.265. The molecule has 142 valence electrons. The lowest BCUT2D eigenvalue weighted by molar-refractivity contribution is 0.0953. The van der Waals surface area contributed by atoms with Crippen LogP contribution in [0.15, 0.2) is 68.8 Å². The second-order valence-electron chi connectivity index (χ2n) is 6.47. The largest absolute Gasteiger partial charge is 0.469 e. The molecule has 0 aliphatic rings. The van der Waals surface area contributed by atoms with Gasteiger partial charge >= 0.3 is 0 Å². The molecule has 4 heterocycles. The Hall–Kier alpha value is -3.61. The van der Waals surface area contributed by atoms with Crippen molar-refractivity contribution in [1.29, 1.82) is 0 Å². The van der Waals surface area contributed by atoms with Gasteiger partial charge < -0.3 is 18.7 Å². The van der Waals surface area contributed by atoms with E-state index in [9.17, 15) is 9.59 Å². The van der Waals surface area contributed by atoms with Crippen molar-refractivity contribution in [2.45, 2.75) is 19.9 Å². The van der Waals surface area contributed by atoms with E-state index >= 15 is 0 Å². The summed E-state index contributed by atoms with van der Waals surface area (Å²) in [6.07, 6.45) is 5.44. The van der Waals surface area contributed by atoms with Crippen LogP contribution < -0.4 is 10.9 Å². The van der Waals surface area contributed by atoms with Gasteiger partial charge in [-0.25, -0.2) is 0 Å². The summed E-state index contributed by atoms with van der Waals surface area (Å²) in [5.74, 6) is 1.21. The molecule has 0 fully saturated rings.